The van der Waals surface area contributed by atoms with Gasteiger partial charge in [0.25, 0.3) is 0 Å². The van der Waals surface area contributed by atoms with Crippen molar-refractivity contribution >= 4 is 60.2 Å². The van der Waals surface area contributed by atoms with Crippen molar-refractivity contribution in [2.75, 3.05) is 4.90 Å². The summed E-state index contributed by atoms with van der Waals surface area (Å²) < 4.78 is 6.76. The molecule has 0 N–H and O–H groups in total. The molecule has 2 heteroatoms. The molecule has 2 aliphatic rings. The number of hydrogen-bond acceptors (Lipinski definition) is 2. The molecule has 0 unspecified atom stereocenters. The van der Waals surface area contributed by atoms with Crippen LogP contribution < -0.4 is 9.64 Å². The minimum atomic E-state index is -0.491. The van der Waals surface area contributed by atoms with Crippen LogP contribution in [0.5, 0.6) is 11.5 Å². The van der Waals surface area contributed by atoms with Crippen molar-refractivity contribution in [2.24, 2.45) is 0 Å². The van der Waals surface area contributed by atoms with Gasteiger partial charge in [-0.25, -0.2) is 0 Å². The number of ether oxygens (including phenoxy) is 1. The molecule has 0 atom stereocenters. The Morgan fingerprint density at radius 3 is 1.57 bits per heavy atom. The number of anilines is 3. The smallest absolute Gasteiger partial charge is 0.135 e. The average molecular weight is 970 g/mol. The van der Waals surface area contributed by atoms with E-state index >= 15 is 0 Å². The van der Waals surface area contributed by atoms with Crippen LogP contribution in [0.25, 0.3) is 76.5 Å². The summed E-state index contributed by atoms with van der Waals surface area (Å²) in [5.74, 6) is 1.70. The van der Waals surface area contributed by atoms with Crippen molar-refractivity contribution in [1.29, 1.82) is 0 Å². The van der Waals surface area contributed by atoms with Gasteiger partial charge in [-0.1, -0.05) is 238 Å². The van der Waals surface area contributed by atoms with Crippen LogP contribution >= 0.6 is 0 Å². The predicted molar refractivity (Wildman–Crippen MR) is 318 cm³/mol. The molecule has 0 fully saturated rings. The second kappa shape index (κ2) is 17.0. The lowest BCUT2D eigenvalue weighted by molar-refractivity contribution is 0.494. The van der Waals surface area contributed by atoms with E-state index in [1.807, 2.05) is 0 Å². The summed E-state index contributed by atoms with van der Waals surface area (Å²) >= 11 is 0. The molecule has 0 saturated heterocycles. The molecule has 0 radical (unpaired) electrons. The van der Waals surface area contributed by atoms with Gasteiger partial charge in [0.1, 0.15) is 11.5 Å². The summed E-state index contributed by atoms with van der Waals surface area (Å²) in [4.78, 5) is 2.50. The highest BCUT2D eigenvalue weighted by molar-refractivity contribution is 6.15. The fourth-order valence-electron chi connectivity index (χ4n) is 13.3. The number of fused-ring (bicyclic) bond motifs is 11. The molecule has 76 heavy (non-hydrogen) atoms. The molecule has 0 spiro atoms. The van der Waals surface area contributed by atoms with Gasteiger partial charge in [0.15, 0.2) is 0 Å². The van der Waals surface area contributed by atoms with Crippen LogP contribution in [0.1, 0.15) is 47.2 Å². The van der Waals surface area contributed by atoms with Gasteiger partial charge in [0, 0.05) is 32.9 Å². The van der Waals surface area contributed by atoms with E-state index in [4.69, 9.17) is 4.74 Å². The van der Waals surface area contributed by atoms with Crippen LogP contribution in [0.3, 0.4) is 0 Å². The van der Waals surface area contributed by atoms with Crippen LogP contribution in [0.2, 0.25) is 0 Å². The fraction of sp³-hybridized carbons (Fsp3) is 0.0541. The van der Waals surface area contributed by atoms with E-state index in [0.717, 1.165) is 50.1 Å². The largest absolute Gasteiger partial charge is 0.456 e. The van der Waals surface area contributed by atoms with Gasteiger partial charge in [-0.3, -0.25) is 0 Å². The first-order valence-corrected chi connectivity index (χ1v) is 26.5. The third-order valence-electron chi connectivity index (χ3n) is 16.8. The number of benzene rings is 13. The first kappa shape index (κ1) is 44.0. The standard InChI is InChI=1S/C74H51NO/c1-73(2)68-45-50(56-43-44-72(65-31-13-11-27-59(56)65)76-71-34-18-21-48-19-6-9-25-57(48)71)35-41-62(68)63-42-40-54(47-69(63)73)75(70-46-49-20-7-8-24-55(49)58-26-10-12-30-64(58)70)53-38-36-52(37-39-53)74(51-22-4-3-5-23-51)66-32-16-14-28-60(66)61-29-15-17-33-67(61)74/h3-47H,1-2H3. The predicted octanol–water partition coefficient (Wildman–Crippen LogP) is 19.9. The summed E-state index contributed by atoms with van der Waals surface area (Å²) in [6, 6.07) is 101. The maximum atomic E-state index is 6.76. The molecule has 0 amide bonds. The molecule has 358 valence electrons. The van der Waals surface area contributed by atoms with Crippen LogP contribution in [0.15, 0.2) is 273 Å². The summed E-state index contributed by atoms with van der Waals surface area (Å²) in [7, 11) is 0. The SMILES string of the molecule is CC1(C)c2cc(-c3ccc(Oc4cccc5ccccc45)c4ccccc34)ccc2-c2ccc(N(c3ccc(C4(c5ccccc5)c5ccccc5-c5ccccc54)cc3)c3cc4ccccc4c4ccccc34)cc21. The van der Waals surface area contributed by atoms with E-state index in [1.54, 1.807) is 0 Å². The zero-order valence-corrected chi connectivity index (χ0v) is 42.3. The summed E-state index contributed by atoms with van der Waals surface area (Å²) in [6.45, 7) is 4.80. The van der Waals surface area contributed by atoms with E-state index < -0.39 is 5.41 Å². The number of nitrogens with zero attached hydrogens (tertiary/aromatic N) is 1. The normalized spacial score (nSPS) is 13.6. The Balaban J connectivity index is 0.863. The van der Waals surface area contributed by atoms with Gasteiger partial charge < -0.3 is 9.64 Å². The topological polar surface area (TPSA) is 12.5 Å². The van der Waals surface area contributed by atoms with Gasteiger partial charge in [0.2, 0.25) is 0 Å². The Morgan fingerprint density at radius 2 is 0.816 bits per heavy atom. The minimum absolute atomic E-state index is 0.295. The summed E-state index contributed by atoms with van der Waals surface area (Å²) in [5.41, 5.74) is 17.9. The molecule has 15 rings (SSSR count). The Morgan fingerprint density at radius 1 is 0.303 bits per heavy atom. The number of hydrogen-bond donors (Lipinski definition) is 0. The van der Waals surface area contributed by atoms with Gasteiger partial charge >= 0.3 is 0 Å². The van der Waals surface area contributed by atoms with Crippen LogP contribution in [-0.2, 0) is 10.8 Å². The van der Waals surface area contributed by atoms with Crippen molar-refractivity contribution in [1.82, 2.24) is 0 Å². The summed E-state index contributed by atoms with van der Waals surface area (Å²) in [5, 5.41) is 9.42. The highest BCUT2D eigenvalue weighted by atomic mass is 16.5. The molecule has 0 saturated carbocycles. The van der Waals surface area contributed by atoms with Gasteiger partial charge in [0.05, 0.1) is 11.1 Å². The third kappa shape index (κ3) is 6.53. The molecule has 2 nitrogen and oxygen atoms in total. The molecule has 0 aromatic heterocycles. The quantitative estimate of drug-likeness (QED) is 0.141. The zero-order chi connectivity index (χ0) is 50.5. The Bertz CT molecular complexity index is 4420. The monoisotopic (exact) mass is 969 g/mol. The Hall–Kier alpha value is -9.50. The molecule has 13 aromatic carbocycles. The van der Waals surface area contributed by atoms with Crippen molar-refractivity contribution in [3.63, 3.8) is 0 Å². The highest BCUT2D eigenvalue weighted by Crippen LogP contribution is 2.57. The van der Waals surface area contributed by atoms with Crippen LogP contribution in [0, 0.1) is 0 Å². The van der Waals surface area contributed by atoms with Crippen LogP contribution in [0.4, 0.5) is 17.1 Å². The van der Waals surface area contributed by atoms with Crippen molar-refractivity contribution in [3.8, 4) is 44.9 Å². The minimum Gasteiger partial charge on any atom is -0.456 e. The molecule has 2 aliphatic carbocycles. The van der Waals surface area contributed by atoms with Gasteiger partial charge in [-0.05, 0) is 142 Å². The van der Waals surface area contributed by atoms with E-state index in [2.05, 4.69) is 292 Å². The van der Waals surface area contributed by atoms with E-state index in [9.17, 15) is 0 Å². The third-order valence-corrected chi connectivity index (χ3v) is 16.8. The lowest BCUT2D eigenvalue weighted by Crippen LogP contribution is -2.28. The van der Waals surface area contributed by atoms with Crippen molar-refractivity contribution in [3.05, 3.63) is 306 Å². The van der Waals surface area contributed by atoms with Crippen molar-refractivity contribution < 1.29 is 4.74 Å². The van der Waals surface area contributed by atoms with Crippen molar-refractivity contribution in [2.45, 2.75) is 24.7 Å². The second-order valence-corrected chi connectivity index (χ2v) is 21.1. The molecule has 0 aliphatic heterocycles. The maximum absolute atomic E-state index is 6.76. The lowest BCUT2D eigenvalue weighted by Gasteiger charge is -2.34. The second-order valence-electron chi connectivity index (χ2n) is 21.1. The average Bonchev–Trinajstić information content (AvgIpc) is 4.09. The van der Waals surface area contributed by atoms with Gasteiger partial charge in [-0.2, -0.15) is 0 Å². The highest BCUT2D eigenvalue weighted by Gasteiger charge is 2.46. The lowest BCUT2D eigenvalue weighted by atomic mass is 9.68. The van der Waals surface area contributed by atoms with E-state index in [0.29, 0.717) is 0 Å². The Kier molecular flexibility index (Phi) is 9.86. The molecule has 13 aromatic rings. The van der Waals surface area contributed by atoms with Gasteiger partial charge in [-0.15, -0.1) is 0 Å². The zero-order valence-electron chi connectivity index (χ0n) is 42.3. The van der Waals surface area contributed by atoms with E-state index in [1.165, 1.54) is 88.3 Å². The molecule has 0 bridgehead atoms. The summed E-state index contributed by atoms with van der Waals surface area (Å²) in [6.07, 6.45) is 0. The maximum Gasteiger partial charge on any atom is 0.135 e. The van der Waals surface area contributed by atoms with E-state index in [-0.39, 0.29) is 5.41 Å². The molecular weight excluding hydrogens is 919 g/mol. The fourth-order valence-corrected chi connectivity index (χ4v) is 13.3. The Labute approximate surface area is 443 Å². The first-order chi connectivity index (χ1) is 37.4. The van der Waals surface area contributed by atoms with Crippen LogP contribution in [-0.4, -0.2) is 0 Å². The number of rotatable bonds is 8. The first-order valence-electron chi connectivity index (χ1n) is 26.5. The molecule has 0 heterocycles. The molecular formula is C74H51NO.